The maximum absolute atomic E-state index is 11.6. The topological polar surface area (TPSA) is 96.9 Å². The zero-order valence-electron chi connectivity index (χ0n) is 11.9. The minimum atomic E-state index is -0.735. The van der Waals surface area contributed by atoms with Crippen molar-refractivity contribution in [2.75, 3.05) is 33.5 Å². The van der Waals surface area contributed by atoms with Gasteiger partial charge < -0.3 is 25.2 Å². The maximum Gasteiger partial charge on any atom is 0.315 e. The molecule has 0 radical (unpaired) electrons. The van der Waals surface area contributed by atoms with Gasteiger partial charge in [-0.25, -0.2) is 4.79 Å². The number of nitrogens with one attached hydrogen (secondary N) is 2. The normalized spacial score (nSPS) is 22.2. The summed E-state index contributed by atoms with van der Waals surface area (Å²) in [7, 11) is 1.61. The molecule has 0 spiro atoms. The maximum atomic E-state index is 11.6. The van der Waals surface area contributed by atoms with Gasteiger partial charge in [-0.05, 0) is 25.7 Å². The van der Waals surface area contributed by atoms with Crippen LogP contribution in [0.3, 0.4) is 0 Å². The molecule has 0 aliphatic heterocycles. The van der Waals surface area contributed by atoms with Gasteiger partial charge in [-0.3, -0.25) is 4.79 Å². The number of rotatable bonds is 8. The minimum Gasteiger partial charge on any atom is -0.481 e. The van der Waals surface area contributed by atoms with Crippen LogP contribution in [0.2, 0.25) is 0 Å². The minimum absolute atomic E-state index is 0.0695. The van der Waals surface area contributed by atoms with Crippen molar-refractivity contribution in [3.05, 3.63) is 0 Å². The van der Waals surface area contributed by atoms with Crippen molar-refractivity contribution in [1.82, 2.24) is 10.6 Å². The monoisotopic (exact) mass is 288 g/mol. The second-order valence-electron chi connectivity index (χ2n) is 4.89. The van der Waals surface area contributed by atoms with Gasteiger partial charge in [0.15, 0.2) is 0 Å². The molecule has 0 aromatic heterocycles. The van der Waals surface area contributed by atoms with Crippen molar-refractivity contribution in [1.29, 1.82) is 0 Å². The Kier molecular flexibility index (Phi) is 7.98. The number of aliphatic carboxylic acids is 1. The van der Waals surface area contributed by atoms with Crippen molar-refractivity contribution in [2.24, 2.45) is 5.92 Å². The average Bonchev–Trinajstić information content (AvgIpc) is 2.43. The molecule has 1 rings (SSSR count). The second-order valence-corrected chi connectivity index (χ2v) is 4.89. The molecule has 0 aromatic carbocycles. The number of carbonyl (C=O) groups excluding carboxylic acids is 1. The molecule has 1 fully saturated rings. The predicted molar refractivity (Wildman–Crippen MR) is 72.6 cm³/mol. The van der Waals surface area contributed by atoms with Crippen LogP contribution < -0.4 is 10.6 Å². The first-order valence-electron chi connectivity index (χ1n) is 6.97. The highest BCUT2D eigenvalue weighted by Gasteiger charge is 2.26. The van der Waals surface area contributed by atoms with Crippen LogP contribution in [-0.2, 0) is 14.3 Å². The van der Waals surface area contributed by atoms with Crippen molar-refractivity contribution >= 4 is 12.0 Å². The number of carbonyl (C=O) groups is 2. The Morgan fingerprint density at radius 2 is 1.85 bits per heavy atom. The fourth-order valence-corrected chi connectivity index (χ4v) is 2.20. The van der Waals surface area contributed by atoms with Gasteiger partial charge in [-0.1, -0.05) is 0 Å². The first kappa shape index (κ1) is 16.7. The number of amides is 2. The van der Waals surface area contributed by atoms with E-state index in [1.807, 2.05) is 0 Å². The van der Waals surface area contributed by atoms with E-state index in [1.165, 1.54) is 0 Å². The van der Waals surface area contributed by atoms with E-state index < -0.39 is 5.97 Å². The molecule has 1 saturated carbocycles. The van der Waals surface area contributed by atoms with Crippen LogP contribution in [-0.4, -0.2) is 56.6 Å². The summed E-state index contributed by atoms with van der Waals surface area (Å²) in [4.78, 5) is 22.4. The largest absolute Gasteiger partial charge is 0.481 e. The van der Waals surface area contributed by atoms with Crippen LogP contribution in [0.15, 0.2) is 0 Å². The molecule has 1 aliphatic rings. The Hall–Kier alpha value is -1.34. The van der Waals surface area contributed by atoms with Crippen molar-refractivity contribution in [3.63, 3.8) is 0 Å². The van der Waals surface area contributed by atoms with Crippen molar-refractivity contribution < 1.29 is 24.2 Å². The van der Waals surface area contributed by atoms with Crippen LogP contribution in [0.5, 0.6) is 0 Å². The van der Waals surface area contributed by atoms with E-state index in [0.717, 1.165) is 0 Å². The lowest BCUT2D eigenvalue weighted by Crippen LogP contribution is -2.45. The van der Waals surface area contributed by atoms with E-state index in [0.29, 0.717) is 52.0 Å². The van der Waals surface area contributed by atoms with Gasteiger partial charge in [0.2, 0.25) is 0 Å². The van der Waals surface area contributed by atoms with E-state index in [4.69, 9.17) is 14.6 Å². The van der Waals surface area contributed by atoms with Crippen LogP contribution >= 0.6 is 0 Å². The van der Waals surface area contributed by atoms with Gasteiger partial charge in [0.1, 0.15) is 0 Å². The summed E-state index contributed by atoms with van der Waals surface area (Å²) in [6, 6.07) is -0.154. The summed E-state index contributed by atoms with van der Waals surface area (Å²) in [6.07, 6.45) is 2.68. The quantitative estimate of drug-likeness (QED) is 0.568. The first-order chi connectivity index (χ1) is 9.63. The lowest BCUT2D eigenvalue weighted by molar-refractivity contribution is -0.142. The molecule has 2 amide bonds. The van der Waals surface area contributed by atoms with Gasteiger partial charge in [0.05, 0.1) is 25.7 Å². The standard InChI is InChI=1S/C13H24N2O5/c1-19-8-9-20-7-6-14-13(18)15-11-4-2-10(3-5-11)12(16)17/h10-11H,2-9H2,1H3,(H,16,17)(H2,14,15,18). The third-order valence-corrected chi connectivity index (χ3v) is 3.38. The molecule has 20 heavy (non-hydrogen) atoms. The predicted octanol–water partition coefficient (Wildman–Crippen LogP) is 0.592. The van der Waals surface area contributed by atoms with E-state index in [9.17, 15) is 9.59 Å². The highest BCUT2D eigenvalue weighted by molar-refractivity contribution is 5.74. The lowest BCUT2D eigenvalue weighted by atomic mass is 9.86. The summed E-state index contributed by atoms with van der Waals surface area (Å²) >= 11 is 0. The zero-order chi connectivity index (χ0) is 14.8. The molecule has 0 unspecified atom stereocenters. The lowest BCUT2D eigenvalue weighted by Gasteiger charge is -2.26. The number of ether oxygens (including phenoxy) is 2. The molecule has 0 bridgehead atoms. The fourth-order valence-electron chi connectivity index (χ4n) is 2.20. The van der Waals surface area contributed by atoms with Crippen molar-refractivity contribution in [2.45, 2.75) is 31.7 Å². The van der Waals surface area contributed by atoms with E-state index in [1.54, 1.807) is 7.11 Å². The second kappa shape index (κ2) is 9.55. The third kappa shape index (κ3) is 6.72. The summed E-state index contributed by atoms with van der Waals surface area (Å²) < 4.78 is 10.1. The Bertz CT molecular complexity index is 303. The number of hydrogen-bond donors (Lipinski definition) is 3. The summed E-state index contributed by atoms with van der Waals surface area (Å²) in [5, 5.41) is 14.5. The number of methoxy groups -OCH3 is 1. The molecular formula is C13H24N2O5. The Labute approximate surface area is 119 Å². The van der Waals surface area contributed by atoms with Gasteiger partial charge in [0.25, 0.3) is 0 Å². The molecule has 0 heterocycles. The molecule has 7 nitrogen and oxygen atoms in total. The molecule has 0 aromatic rings. The molecule has 3 N–H and O–H groups in total. The smallest absolute Gasteiger partial charge is 0.315 e. The molecular weight excluding hydrogens is 264 g/mol. The Morgan fingerprint density at radius 3 is 2.45 bits per heavy atom. The number of hydrogen-bond acceptors (Lipinski definition) is 4. The number of carboxylic acid groups (broad SMARTS) is 1. The van der Waals surface area contributed by atoms with E-state index in [2.05, 4.69) is 10.6 Å². The third-order valence-electron chi connectivity index (χ3n) is 3.38. The highest BCUT2D eigenvalue weighted by atomic mass is 16.5. The van der Waals surface area contributed by atoms with Gasteiger partial charge in [0, 0.05) is 19.7 Å². The molecule has 116 valence electrons. The van der Waals surface area contributed by atoms with Crippen LogP contribution in [0.25, 0.3) is 0 Å². The Balaban J connectivity index is 2.04. The molecule has 7 heteroatoms. The Morgan fingerprint density at radius 1 is 1.15 bits per heavy atom. The van der Waals surface area contributed by atoms with Crippen LogP contribution in [0, 0.1) is 5.92 Å². The van der Waals surface area contributed by atoms with Crippen LogP contribution in [0.4, 0.5) is 4.79 Å². The van der Waals surface area contributed by atoms with E-state index in [-0.39, 0.29) is 18.0 Å². The highest BCUT2D eigenvalue weighted by Crippen LogP contribution is 2.24. The average molecular weight is 288 g/mol. The van der Waals surface area contributed by atoms with E-state index >= 15 is 0 Å². The fraction of sp³-hybridized carbons (Fsp3) is 0.846. The first-order valence-corrected chi connectivity index (χ1v) is 6.97. The molecule has 0 saturated heterocycles. The van der Waals surface area contributed by atoms with Crippen LogP contribution in [0.1, 0.15) is 25.7 Å². The number of carboxylic acids is 1. The van der Waals surface area contributed by atoms with Gasteiger partial charge in [-0.2, -0.15) is 0 Å². The molecule has 0 atom stereocenters. The zero-order valence-corrected chi connectivity index (χ0v) is 11.9. The molecule has 1 aliphatic carbocycles. The van der Waals surface area contributed by atoms with Gasteiger partial charge in [-0.15, -0.1) is 0 Å². The SMILES string of the molecule is COCCOCCNC(=O)NC1CCC(C(=O)O)CC1. The summed E-state index contributed by atoms with van der Waals surface area (Å²) in [5.74, 6) is -0.994. The van der Waals surface area contributed by atoms with Crippen molar-refractivity contribution in [3.8, 4) is 0 Å². The van der Waals surface area contributed by atoms with Gasteiger partial charge >= 0.3 is 12.0 Å². The summed E-state index contributed by atoms with van der Waals surface area (Å²) in [6.45, 7) is 1.95. The number of urea groups is 1. The summed E-state index contributed by atoms with van der Waals surface area (Å²) in [5.41, 5.74) is 0.